The molecule has 0 aliphatic carbocycles. The van der Waals surface area contributed by atoms with E-state index in [1.54, 1.807) is 24.3 Å². The Labute approximate surface area is 239 Å². The molecule has 3 amide bonds. The summed E-state index contributed by atoms with van der Waals surface area (Å²) in [7, 11) is 0. The second kappa shape index (κ2) is 17.0. The molecule has 3 aromatic carbocycles. The number of benzene rings is 3. The highest BCUT2D eigenvalue weighted by atomic mass is 16.5. The van der Waals surface area contributed by atoms with E-state index in [0.717, 1.165) is 16.7 Å². The third-order valence-electron chi connectivity index (χ3n) is 6.10. The molecule has 0 fully saturated rings. The van der Waals surface area contributed by atoms with Gasteiger partial charge < -0.3 is 30.5 Å². The van der Waals surface area contributed by atoms with Crippen LogP contribution >= 0.6 is 0 Å². The number of ether oxygens (including phenoxy) is 2. The summed E-state index contributed by atoms with van der Waals surface area (Å²) in [6.07, 6.45) is 0.731. The summed E-state index contributed by atoms with van der Waals surface area (Å²) in [6, 6.07) is 24.3. The zero-order valence-corrected chi connectivity index (χ0v) is 22.7. The van der Waals surface area contributed by atoms with E-state index in [-0.39, 0.29) is 26.1 Å². The number of urea groups is 1. The number of unbranched alkanes of at least 4 members (excludes halogenated alkanes) is 1. The Morgan fingerprint density at radius 2 is 1.17 bits per heavy atom. The van der Waals surface area contributed by atoms with Gasteiger partial charge in [-0.05, 0) is 36.0 Å². The van der Waals surface area contributed by atoms with Crippen molar-refractivity contribution < 1.29 is 33.8 Å². The lowest BCUT2D eigenvalue weighted by atomic mass is 10.1. The Kier molecular flexibility index (Phi) is 12.7. The number of aliphatic carboxylic acids is 1. The predicted molar refractivity (Wildman–Crippen MR) is 152 cm³/mol. The van der Waals surface area contributed by atoms with Crippen LogP contribution in [0.15, 0.2) is 91.0 Å². The molecule has 41 heavy (non-hydrogen) atoms. The van der Waals surface area contributed by atoms with Crippen molar-refractivity contribution >= 4 is 24.1 Å². The van der Waals surface area contributed by atoms with Crippen molar-refractivity contribution in [1.82, 2.24) is 16.0 Å². The topological polar surface area (TPSA) is 143 Å². The van der Waals surface area contributed by atoms with Gasteiger partial charge in [0.05, 0.1) is 0 Å². The highest BCUT2D eigenvalue weighted by Crippen LogP contribution is 2.08. The van der Waals surface area contributed by atoms with Gasteiger partial charge in [-0.2, -0.15) is 0 Å². The van der Waals surface area contributed by atoms with Crippen LogP contribution in [0.2, 0.25) is 0 Å². The van der Waals surface area contributed by atoms with E-state index in [4.69, 9.17) is 9.47 Å². The van der Waals surface area contributed by atoms with E-state index < -0.39 is 36.1 Å². The number of carbonyl (C=O) groups excluding carboxylic acids is 3. The molecule has 0 saturated heterocycles. The molecule has 0 heterocycles. The lowest BCUT2D eigenvalue weighted by Crippen LogP contribution is -2.52. The van der Waals surface area contributed by atoms with Crippen molar-refractivity contribution in [3.63, 3.8) is 0 Å². The fourth-order valence-corrected chi connectivity index (χ4v) is 3.92. The standard InChI is InChI=1S/C31H35N3O7/c35-28(36)27(20-23-12-4-1-5-13-23)34-30(38)33-26(29(37)40-21-24-14-6-2-7-15-24)18-10-11-19-32-31(39)41-22-25-16-8-3-9-17-25/h1-9,12-17,26-27H,10-11,18-22H2,(H,32,39)(H,35,36)(H2,33,34,38)/t26-,27-/m0/s1. The maximum atomic E-state index is 12.9. The largest absolute Gasteiger partial charge is 0.480 e. The van der Waals surface area contributed by atoms with E-state index in [0.29, 0.717) is 19.4 Å². The SMILES string of the molecule is O=C(N[C@@H](Cc1ccccc1)C(=O)O)N[C@@H](CCCCNC(=O)OCc1ccccc1)C(=O)OCc1ccccc1. The van der Waals surface area contributed by atoms with Crippen LogP contribution < -0.4 is 16.0 Å². The number of carboxylic acid groups (broad SMARTS) is 1. The van der Waals surface area contributed by atoms with Crippen LogP contribution in [0, 0.1) is 0 Å². The minimum atomic E-state index is -1.20. The predicted octanol–water partition coefficient (Wildman–Crippen LogP) is 4.19. The van der Waals surface area contributed by atoms with Gasteiger partial charge in [-0.3, -0.25) is 0 Å². The zero-order chi connectivity index (χ0) is 29.3. The molecule has 0 aliphatic heterocycles. The number of amides is 3. The number of esters is 1. The molecule has 0 saturated carbocycles. The molecule has 3 aromatic rings. The van der Waals surface area contributed by atoms with E-state index in [9.17, 15) is 24.3 Å². The highest BCUT2D eigenvalue weighted by molar-refractivity contribution is 5.86. The van der Waals surface area contributed by atoms with Gasteiger partial charge in [0.2, 0.25) is 0 Å². The van der Waals surface area contributed by atoms with Crippen molar-refractivity contribution in [1.29, 1.82) is 0 Å². The van der Waals surface area contributed by atoms with Crippen LogP contribution in [0.1, 0.15) is 36.0 Å². The molecule has 0 aromatic heterocycles. The number of alkyl carbamates (subject to hydrolysis) is 1. The molecule has 0 bridgehead atoms. The Balaban J connectivity index is 1.49. The summed E-state index contributed by atoms with van der Waals surface area (Å²) in [5.74, 6) is -1.84. The third kappa shape index (κ3) is 11.8. The smallest absolute Gasteiger partial charge is 0.407 e. The number of rotatable bonds is 15. The zero-order valence-electron chi connectivity index (χ0n) is 22.7. The number of carboxylic acids is 1. The summed E-state index contributed by atoms with van der Waals surface area (Å²) in [5, 5.41) is 17.3. The van der Waals surface area contributed by atoms with E-state index in [1.165, 1.54) is 0 Å². The molecular formula is C31H35N3O7. The van der Waals surface area contributed by atoms with Crippen LogP contribution in [0.3, 0.4) is 0 Å². The van der Waals surface area contributed by atoms with Crippen molar-refractivity contribution in [2.24, 2.45) is 0 Å². The number of hydrogen-bond acceptors (Lipinski definition) is 6. The van der Waals surface area contributed by atoms with Gasteiger partial charge >= 0.3 is 24.1 Å². The summed E-state index contributed by atoms with van der Waals surface area (Å²) >= 11 is 0. The van der Waals surface area contributed by atoms with Crippen molar-refractivity contribution in [2.45, 2.75) is 51.0 Å². The Hall–Kier alpha value is -4.86. The van der Waals surface area contributed by atoms with Gasteiger partial charge in [0.25, 0.3) is 0 Å². The van der Waals surface area contributed by atoms with Crippen LogP contribution in [-0.2, 0) is 38.7 Å². The summed E-state index contributed by atoms with van der Waals surface area (Å²) in [6.45, 7) is 0.493. The number of carbonyl (C=O) groups is 4. The van der Waals surface area contributed by atoms with E-state index in [2.05, 4.69) is 16.0 Å². The first-order valence-electron chi connectivity index (χ1n) is 13.4. The maximum absolute atomic E-state index is 12.9. The normalized spacial score (nSPS) is 11.9. The van der Waals surface area contributed by atoms with Crippen LogP contribution in [0.25, 0.3) is 0 Å². The average molecular weight is 562 g/mol. The first-order chi connectivity index (χ1) is 19.9. The molecule has 0 radical (unpaired) electrons. The summed E-state index contributed by atoms with van der Waals surface area (Å²) in [5.41, 5.74) is 2.41. The van der Waals surface area contributed by atoms with Gasteiger partial charge in [-0.25, -0.2) is 19.2 Å². The summed E-state index contributed by atoms with van der Waals surface area (Å²) < 4.78 is 10.6. The lowest BCUT2D eigenvalue weighted by molar-refractivity contribution is -0.147. The van der Waals surface area contributed by atoms with Crippen LogP contribution in [-0.4, -0.2) is 47.8 Å². The van der Waals surface area contributed by atoms with E-state index in [1.807, 2.05) is 66.7 Å². The second-order valence-electron chi connectivity index (χ2n) is 9.33. The Bertz CT molecular complexity index is 1240. The molecule has 0 spiro atoms. The summed E-state index contributed by atoms with van der Waals surface area (Å²) in [4.78, 5) is 49.3. The molecule has 3 rings (SSSR count). The average Bonchev–Trinajstić information content (AvgIpc) is 2.99. The first kappa shape index (κ1) is 30.7. The maximum Gasteiger partial charge on any atom is 0.407 e. The minimum Gasteiger partial charge on any atom is -0.480 e. The highest BCUT2D eigenvalue weighted by Gasteiger charge is 2.26. The Morgan fingerprint density at radius 1 is 0.659 bits per heavy atom. The fourth-order valence-electron chi connectivity index (χ4n) is 3.92. The monoisotopic (exact) mass is 561 g/mol. The Morgan fingerprint density at radius 3 is 1.73 bits per heavy atom. The first-order valence-corrected chi connectivity index (χ1v) is 13.4. The molecule has 4 N–H and O–H groups in total. The van der Waals surface area contributed by atoms with E-state index >= 15 is 0 Å². The lowest BCUT2D eigenvalue weighted by Gasteiger charge is -2.20. The molecule has 0 aliphatic rings. The van der Waals surface area contributed by atoms with Crippen LogP contribution in [0.4, 0.5) is 9.59 Å². The minimum absolute atomic E-state index is 0.0278. The second-order valence-corrected chi connectivity index (χ2v) is 9.33. The van der Waals surface area contributed by atoms with Gasteiger partial charge in [0.15, 0.2) is 0 Å². The number of hydrogen-bond donors (Lipinski definition) is 4. The molecule has 10 nitrogen and oxygen atoms in total. The van der Waals surface area contributed by atoms with Gasteiger partial charge in [-0.15, -0.1) is 0 Å². The molecule has 10 heteroatoms. The molecule has 2 atom stereocenters. The third-order valence-corrected chi connectivity index (χ3v) is 6.10. The fraction of sp³-hybridized carbons (Fsp3) is 0.290. The van der Waals surface area contributed by atoms with Crippen molar-refractivity contribution in [2.75, 3.05) is 6.54 Å². The molecular weight excluding hydrogens is 526 g/mol. The number of nitrogens with one attached hydrogen (secondary N) is 3. The molecule has 216 valence electrons. The quantitative estimate of drug-likeness (QED) is 0.161. The van der Waals surface area contributed by atoms with Gasteiger partial charge in [0, 0.05) is 13.0 Å². The molecule has 0 unspecified atom stereocenters. The van der Waals surface area contributed by atoms with Gasteiger partial charge in [-0.1, -0.05) is 91.0 Å². The van der Waals surface area contributed by atoms with Crippen LogP contribution in [0.5, 0.6) is 0 Å². The van der Waals surface area contributed by atoms with Crippen molar-refractivity contribution in [3.8, 4) is 0 Å². The van der Waals surface area contributed by atoms with Gasteiger partial charge in [0.1, 0.15) is 25.3 Å². The van der Waals surface area contributed by atoms with Crippen molar-refractivity contribution in [3.05, 3.63) is 108 Å².